The number of hydrogen-bond donors (Lipinski definition) is 2. The zero-order valence-electron chi connectivity index (χ0n) is 15.1. The van der Waals surface area contributed by atoms with Gasteiger partial charge in [-0.05, 0) is 31.2 Å². The quantitative estimate of drug-likeness (QED) is 0.560. The van der Waals surface area contributed by atoms with Crippen LogP contribution < -0.4 is 5.32 Å². The molecule has 0 aliphatic heterocycles. The molecule has 4 rings (SSSR count). The second kappa shape index (κ2) is 7.43. The summed E-state index contributed by atoms with van der Waals surface area (Å²) in [5.74, 6) is -0.618. The molecule has 0 radical (unpaired) electrons. The van der Waals surface area contributed by atoms with Crippen LogP contribution in [0.5, 0.6) is 0 Å². The summed E-state index contributed by atoms with van der Waals surface area (Å²) < 4.78 is 14.8. The van der Waals surface area contributed by atoms with E-state index in [2.05, 4.69) is 25.8 Å². The summed E-state index contributed by atoms with van der Waals surface area (Å²) in [6.45, 7) is 2.23. The first-order valence-electron chi connectivity index (χ1n) is 8.65. The molecule has 0 saturated heterocycles. The minimum Gasteiger partial charge on any atom is -0.346 e. The SMILES string of the molecule is Cc1ccc(-c2nn(-c3ccc(F)cc3)cc2C(=O)NCc2cn[nH]n2)cc1. The van der Waals surface area contributed by atoms with Crippen molar-refractivity contribution in [2.24, 2.45) is 0 Å². The first-order valence-corrected chi connectivity index (χ1v) is 8.65. The maximum absolute atomic E-state index is 13.2. The summed E-state index contributed by atoms with van der Waals surface area (Å²) in [5, 5.41) is 17.6. The van der Waals surface area contributed by atoms with Gasteiger partial charge in [0.1, 0.15) is 17.2 Å². The number of carbonyl (C=O) groups excluding carboxylic acids is 1. The molecule has 2 aromatic carbocycles. The number of H-pyrrole nitrogens is 1. The van der Waals surface area contributed by atoms with Crippen LogP contribution in [0.3, 0.4) is 0 Å². The molecule has 8 heteroatoms. The number of halogens is 1. The Kier molecular flexibility index (Phi) is 4.67. The number of nitrogens with one attached hydrogen (secondary N) is 2. The summed E-state index contributed by atoms with van der Waals surface area (Å²) in [6.07, 6.45) is 3.18. The Morgan fingerprint density at radius 2 is 1.89 bits per heavy atom. The van der Waals surface area contributed by atoms with E-state index in [1.807, 2.05) is 31.2 Å². The molecule has 0 bridgehead atoms. The summed E-state index contributed by atoms with van der Waals surface area (Å²) in [7, 11) is 0. The molecule has 2 heterocycles. The van der Waals surface area contributed by atoms with Crippen LogP contribution in [0.1, 0.15) is 21.6 Å². The lowest BCUT2D eigenvalue weighted by molar-refractivity contribution is 0.0951. The van der Waals surface area contributed by atoms with E-state index in [0.717, 1.165) is 11.1 Å². The van der Waals surface area contributed by atoms with Gasteiger partial charge in [-0.3, -0.25) is 4.79 Å². The van der Waals surface area contributed by atoms with Crippen LogP contribution in [0.15, 0.2) is 60.9 Å². The Morgan fingerprint density at radius 3 is 2.57 bits per heavy atom. The van der Waals surface area contributed by atoms with Crippen molar-refractivity contribution < 1.29 is 9.18 Å². The van der Waals surface area contributed by atoms with Gasteiger partial charge in [0.15, 0.2) is 0 Å². The van der Waals surface area contributed by atoms with Gasteiger partial charge in [-0.1, -0.05) is 29.8 Å². The van der Waals surface area contributed by atoms with Gasteiger partial charge in [0.05, 0.1) is 24.0 Å². The normalized spacial score (nSPS) is 10.8. The van der Waals surface area contributed by atoms with Crippen LogP contribution in [-0.2, 0) is 6.54 Å². The third-order valence-corrected chi connectivity index (χ3v) is 4.27. The van der Waals surface area contributed by atoms with Crippen LogP contribution in [0, 0.1) is 12.7 Å². The van der Waals surface area contributed by atoms with E-state index in [-0.39, 0.29) is 18.3 Å². The minimum absolute atomic E-state index is 0.240. The lowest BCUT2D eigenvalue weighted by Gasteiger charge is -2.04. The maximum atomic E-state index is 13.2. The highest BCUT2D eigenvalue weighted by atomic mass is 19.1. The molecule has 0 unspecified atom stereocenters. The largest absolute Gasteiger partial charge is 0.346 e. The predicted molar refractivity (Wildman–Crippen MR) is 101 cm³/mol. The Hall–Kier alpha value is -3.81. The molecule has 1 amide bonds. The average molecular weight is 376 g/mol. The molecule has 0 atom stereocenters. The number of carbonyl (C=O) groups is 1. The van der Waals surface area contributed by atoms with Gasteiger partial charge in [-0.15, -0.1) is 0 Å². The first-order chi connectivity index (χ1) is 13.6. The van der Waals surface area contributed by atoms with Crippen molar-refractivity contribution in [2.75, 3.05) is 0 Å². The van der Waals surface area contributed by atoms with E-state index in [1.54, 1.807) is 29.2 Å². The van der Waals surface area contributed by atoms with Crippen molar-refractivity contribution in [2.45, 2.75) is 13.5 Å². The molecule has 2 N–H and O–H groups in total. The van der Waals surface area contributed by atoms with Gasteiger partial charge in [-0.2, -0.15) is 20.5 Å². The zero-order valence-corrected chi connectivity index (χ0v) is 15.1. The van der Waals surface area contributed by atoms with Gasteiger partial charge in [0.25, 0.3) is 5.91 Å². The van der Waals surface area contributed by atoms with E-state index in [1.165, 1.54) is 12.1 Å². The standard InChI is InChI=1S/C20H17FN6O/c1-13-2-4-14(5-3-13)19-18(20(28)22-10-16-11-23-26-24-16)12-27(25-19)17-8-6-15(21)7-9-17/h2-9,11-12H,10H2,1H3,(H,22,28)(H,23,24,26). The Labute approximate surface area is 160 Å². The Morgan fingerprint density at radius 1 is 1.14 bits per heavy atom. The molecular formula is C20H17FN6O. The molecule has 28 heavy (non-hydrogen) atoms. The molecule has 0 aliphatic rings. The monoisotopic (exact) mass is 376 g/mol. The van der Waals surface area contributed by atoms with E-state index in [4.69, 9.17) is 0 Å². The van der Waals surface area contributed by atoms with Crippen molar-refractivity contribution >= 4 is 5.91 Å². The van der Waals surface area contributed by atoms with Gasteiger partial charge in [0, 0.05) is 11.8 Å². The molecule has 0 saturated carbocycles. The van der Waals surface area contributed by atoms with Gasteiger partial charge >= 0.3 is 0 Å². The number of rotatable bonds is 5. The molecule has 2 aromatic heterocycles. The molecular weight excluding hydrogens is 359 g/mol. The number of aromatic amines is 1. The molecule has 140 valence electrons. The number of hydrogen-bond acceptors (Lipinski definition) is 4. The highest BCUT2D eigenvalue weighted by Gasteiger charge is 2.19. The predicted octanol–water partition coefficient (Wildman–Crippen LogP) is 3.03. The van der Waals surface area contributed by atoms with E-state index in [9.17, 15) is 9.18 Å². The molecule has 0 aliphatic carbocycles. The fourth-order valence-electron chi connectivity index (χ4n) is 2.77. The summed E-state index contributed by atoms with van der Waals surface area (Å²) in [4.78, 5) is 12.8. The van der Waals surface area contributed by atoms with Crippen LogP contribution in [0.25, 0.3) is 16.9 Å². The minimum atomic E-state index is -0.333. The molecule has 4 aromatic rings. The van der Waals surface area contributed by atoms with Crippen LogP contribution >= 0.6 is 0 Å². The van der Waals surface area contributed by atoms with Gasteiger partial charge in [0.2, 0.25) is 0 Å². The van der Waals surface area contributed by atoms with Crippen LogP contribution in [-0.4, -0.2) is 31.1 Å². The van der Waals surface area contributed by atoms with Crippen molar-refractivity contribution in [3.05, 3.63) is 83.6 Å². The van der Waals surface area contributed by atoms with Crippen LogP contribution in [0.4, 0.5) is 4.39 Å². The van der Waals surface area contributed by atoms with Gasteiger partial charge < -0.3 is 5.32 Å². The van der Waals surface area contributed by atoms with Crippen molar-refractivity contribution in [3.8, 4) is 16.9 Å². The van der Waals surface area contributed by atoms with Crippen molar-refractivity contribution in [1.29, 1.82) is 0 Å². The Balaban J connectivity index is 1.70. The first kappa shape index (κ1) is 17.6. The number of aryl methyl sites for hydroxylation is 1. The van der Waals surface area contributed by atoms with E-state index < -0.39 is 0 Å². The van der Waals surface area contributed by atoms with E-state index >= 15 is 0 Å². The smallest absolute Gasteiger partial charge is 0.255 e. The second-order valence-electron chi connectivity index (χ2n) is 6.32. The van der Waals surface area contributed by atoms with E-state index in [0.29, 0.717) is 22.6 Å². The summed E-state index contributed by atoms with van der Waals surface area (Å²) >= 11 is 0. The summed E-state index contributed by atoms with van der Waals surface area (Å²) in [5.41, 5.74) is 4.16. The fraction of sp³-hybridized carbons (Fsp3) is 0.100. The highest BCUT2D eigenvalue weighted by molar-refractivity contribution is 5.99. The molecule has 7 nitrogen and oxygen atoms in total. The van der Waals surface area contributed by atoms with Crippen LogP contribution in [0.2, 0.25) is 0 Å². The lowest BCUT2D eigenvalue weighted by atomic mass is 10.1. The second-order valence-corrected chi connectivity index (χ2v) is 6.32. The van der Waals surface area contributed by atoms with Crippen molar-refractivity contribution in [3.63, 3.8) is 0 Å². The summed E-state index contributed by atoms with van der Waals surface area (Å²) in [6, 6.07) is 13.7. The van der Waals surface area contributed by atoms with Crippen molar-refractivity contribution in [1.82, 2.24) is 30.5 Å². The topological polar surface area (TPSA) is 88.5 Å². The zero-order chi connectivity index (χ0) is 19.5. The Bertz CT molecular complexity index is 1080. The number of nitrogens with zero attached hydrogens (tertiary/aromatic N) is 4. The number of aromatic nitrogens is 5. The third-order valence-electron chi connectivity index (χ3n) is 4.27. The average Bonchev–Trinajstić information content (AvgIpc) is 3.37. The maximum Gasteiger partial charge on any atom is 0.255 e. The third kappa shape index (κ3) is 3.66. The lowest BCUT2D eigenvalue weighted by Crippen LogP contribution is -2.23. The highest BCUT2D eigenvalue weighted by Crippen LogP contribution is 2.24. The fourth-order valence-corrected chi connectivity index (χ4v) is 2.77. The number of amides is 1. The molecule has 0 spiro atoms. The van der Waals surface area contributed by atoms with Gasteiger partial charge in [-0.25, -0.2) is 9.07 Å². The number of benzene rings is 2. The molecule has 0 fully saturated rings.